The summed E-state index contributed by atoms with van der Waals surface area (Å²) >= 11 is 6.66. The molecule has 0 saturated carbocycles. The van der Waals surface area contributed by atoms with Gasteiger partial charge in [-0.25, -0.2) is 0 Å². The van der Waals surface area contributed by atoms with Crippen molar-refractivity contribution in [1.29, 1.82) is 0 Å². The predicted molar refractivity (Wildman–Crippen MR) is 78.9 cm³/mol. The zero-order chi connectivity index (χ0) is 13.2. The topological polar surface area (TPSA) is 9.23 Å². The number of hydrogen-bond acceptors (Lipinski definition) is 1. The molecule has 0 aliphatic heterocycles. The van der Waals surface area contributed by atoms with E-state index in [9.17, 15) is 0 Å². The second-order valence-corrected chi connectivity index (χ2v) is 5.58. The van der Waals surface area contributed by atoms with Crippen LogP contribution in [0, 0.1) is 5.92 Å². The molecule has 0 amide bonds. The third-order valence-corrected chi connectivity index (χ3v) is 4.54. The van der Waals surface area contributed by atoms with Crippen LogP contribution in [0.2, 0.25) is 0 Å². The van der Waals surface area contributed by atoms with Crippen molar-refractivity contribution >= 4 is 11.6 Å². The van der Waals surface area contributed by atoms with E-state index >= 15 is 0 Å². The quantitative estimate of drug-likeness (QED) is 0.753. The molecule has 19 heavy (non-hydrogen) atoms. The summed E-state index contributed by atoms with van der Waals surface area (Å²) in [6.07, 6.45) is 2.16. The molecule has 1 unspecified atom stereocenters. The van der Waals surface area contributed by atoms with Crippen molar-refractivity contribution in [1.82, 2.24) is 0 Å². The highest BCUT2D eigenvalue weighted by molar-refractivity contribution is 6.21. The minimum Gasteiger partial charge on any atom is -0.497 e. The van der Waals surface area contributed by atoms with E-state index in [1.54, 1.807) is 7.11 Å². The number of fused-ring (bicyclic) bond motifs is 1. The molecule has 1 nitrogen and oxygen atoms in total. The zero-order valence-corrected chi connectivity index (χ0v) is 11.7. The van der Waals surface area contributed by atoms with Gasteiger partial charge in [-0.1, -0.05) is 36.4 Å². The van der Waals surface area contributed by atoms with E-state index in [1.165, 1.54) is 16.7 Å². The standard InChI is InChI=1S/C17H17ClO/c1-19-16-8-6-12(7-9-16)17(18)15-10-13-4-2-3-5-14(13)11-15/h2-9,15,17H,10-11H2,1H3. The highest BCUT2D eigenvalue weighted by atomic mass is 35.5. The van der Waals surface area contributed by atoms with Crippen LogP contribution in [0.1, 0.15) is 22.1 Å². The van der Waals surface area contributed by atoms with Crippen LogP contribution in [0.25, 0.3) is 0 Å². The van der Waals surface area contributed by atoms with Crippen LogP contribution in [-0.2, 0) is 12.8 Å². The van der Waals surface area contributed by atoms with Crippen molar-refractivity contribution in [3.8, 4) is 5.75 Å². The normalized spacial score (nSPS) is 16.1. The Bertz CT molecular complexity index is 537. The SMILES string of the molecule is COc1ccc(C(Cl)C2Cc3ccccc3C2)cc1. The Hall–Kier alpha value is -1.47. The van der Waals surface area contributed by atoms with Crippen molar-refractivity contribution in [2.24, 2.45) is 5.92 Å². The van der Waals surface area contributed by atoms with Crippen LogP contribution >= 0.6 is 11.6 Å². The number of methoxy groups -OCH3 is 1. The van der Waals surface area contributed by atoms with Gasteiger partial charge in [0.25, 0.3) is 0 Å². The van der Waals surface area contributed by atoms with Gasteiger partial charge in [-0.2, -0.15) is 0 Å². The number of halogens is 1. The first-order valence-corrected chi connectivity index (χ1v) is 7.06. The van der Waals surface area contributed by atoms with E-state index in [4.69, 9.17) is 16.3 Å². The van der Waals surface area contributed by atoms with Gasteiger partial charge in [0.2, 0.25) is 0 Å². The van der Waals surface area contributed by atoms with E-state index < -0.39 is 0 Å². The van der Waals surface area contributed by atoms with Crippen LogP contribution in [0.15, 0.2) is 48.5 Å². The average Bonchev–Trinajstić information content (AvgIpc) is 2.90. The van der Waals surface area contributed by atoms with Gasteiger partial charge in [0, 0.05) is 0 Å². The molecule has 1 atom stereocenters. The van der Waals surface area contributed by atoms with Gasteiger partial charge >= 0.3 is 0 Å². The molecule has 0 radical (unpaired) electrons. The fourth-order valence-electron chi connectivity index (χ4n) is 2.86. The maximum atomic E-state index is 6.66. The maximum Gasteiger partial charge on any atom is 0.118 e. The largest absolute Gasteiger partial charge is 0.497 e. The molecule has 0 bridgehead atoms. The average molecular weight is 273 g/mol. The van der Waals surface area contributed by atoms with E-state index in [1.807, 2.05) is 12.1 Å². The maximum absolute atomic E-state index is 6.66. The van der Waals surface area contributed by atoms with E-state index in [0.717, 1.165) is 18.6 Å². The minimum absolute atomic E-state index is 0.0679. The number of rotatable bonds is 3. The first kappa shape index (κ1) is 12.6. The molecule has 0 spiro atoms. The Morgan fingerprint density at radius 3 is 2.11 bits per heavy atom. The molecule has 2 aromatic carbocycles. The molecule has 98 valence electrons. The number of hydrogen-bond donors (Lipinski definition) is 0. The fraction of sp³-hybridized carbons (Fsp3) is 0.294. The third kappa shape index (κ3) is 2.48. The number of benzene rings is 2. The van der Waals surface area contributed by atoms with Crippen LogP contribution in [0.3, 0.4) is 0 Å². The van der Waals surface area contributed by atoms with Gasteiger partial charge in [-0.3, -0.25) is 0 Å². The summed E-state index contributed by atoms with van der Waals surface area (Å²) in [5, 5.41) is 0.0679. The van der Waals surface area contributed by atoms with Crippen molar-refractivity contribution in [2.45, 2.75) is 18.2 Å². The first-order valence-electron chi connectivity index (χ1n) is 6.62. The molecule has 2 heteroatoms. The lowest BCUT2D eigenvalue weighted by atomic mass is 9.96. The Morgan fingerprint density at radius 1 is 1.00 bits per heavy atom. The lowest BCUT2D eigenvalue weighted by Gasteiger charge is -2.17. The van der Waals surface area contributed by atoms with Crippen molar-refractivity contribution in [3.05, 3.63) is 65.2 Å². The smallest absolute Gasteiger partial charge is 0.118 e. The highest BCUT2D eigenvalue weighted by Crippen LogP contribution is 2.39. The summed E-state index contributed by atoms with van der Waals surface area (Å²) in [7, 11) is 1.68. The monoisotopic (exact) mass is 272 g/mol. The third-order valence-electron chi connectivity index (χ3n) is 3.93. The van der Waals surface area contributed by atoms with Gasteiger partial charge in [-0.05, 0) is 47.6 Å². The molecule has 1 aliphatic rings. The number of ether oxygens (including phenoxy) is 1. The van der Waals surface area contributed by atoms with Crippen LogP contribution in [0.4, 0.5) is 0 Å². The molecule has 1 aliphatic carbocycles. The van der Waals surface area contributed by atoms with Gasteiger partial charge < -0.3 is 4.74 Å². The zero-order valence-electron chi connectivity index (χ0n) is 11.0. The summed E-state index contributed by atoms with van der Waals surface area (Å²) < 4.78 is 5.18. The molecule has 0 saturated heterocycles. The fourth-order valence-corrected chi connectivity index (χ4v) is 3.18. The first-order chi connectivity index (χ1) is 9.28. The van der Waals surface area contributed by atoms with Gasteiger partial charge in [0.05, 0.1) is 12.5 Å². The lowest BCUT2D eigenvalue weighted by molar-refractivity contribution is 0.414. The van der Waals surface area contributed by atoms with Gasteiger partial charge in [0.15, 0.2) is 0 Å². The molecule has 0 fully saturated rings. The Labute approximate surface area is 119 Å². The Balaban J connectivity index is 1.77. The molecular weight excluding hydrogens is 256 g/mol. The molecule has 0 N–H and O–H groups in total. The van der Waals surface area contributed by atoms with Crippen molar-refractivity contribution in [3.63, 3.8) is 0 Å². The lowest BCUT2D eigenvalue weighted by Crippen LogP contribution is -2.08. The van der Waals surface area contributed by atoms with E-state index in [2.05, 4.69) is 36.4 Å². The molecule has 3 rings (SSSR count). The summed E-state index contributed by atoms with van der Waals surface area (Å²) in [4.78, 5) is 0. The molecular formula is C17H17ClO. The second-order valence-electron chi connectivity index (χ2n) is 5.11. The van der Waals surface area contributed by atoms with E-state index in [-0.39, 0.29) is 5.38 Å². The molecule has 0 aromatic heterocycles. The highest BCUT2D eigenvalue weighted by Gasteiger charge is 2.28. The van der Waals surface area contributed by atoms with Crippen molar-refractivity contribution < 1.29 is 4.74 Å². The molecule has 0 heterocycles. The second kappa shape index (κ2) is 5.26. The van der Waals surface area contributed by atoms with Crippen LogP contribution in [0.5, 0.6) is 5.75 Å². The van der Waals surface area contributed by atoms with E-state index in [0.29, 0.717) is 5.92 Å². The Kier molecular flexibility index (Phi) is 3.48. The van der Waals surface area contributed by atoms with Crippen LogP contribution in [-0.4, -0.2) is 7.11 Å². The van der Waals surface area contributed by atoms with Crippen molar-refractivity contribution in [2.75, 3.05) is 7.11 Å². The minimum atomic E-state index is 0.0679. The Morgan fingerprint density at radius 2 is 1.58 bits per heavy atom. The summed E-state index contributed by atoms with van der Waals surface area (Å²) in [5.41, 5.74) is 4.08. The molecule has 2 aromatic rings. The summed E-state index contributed by atoms with van der Waals surface area (Å²) in [6, 6.07) is 16.7. The summed E-state index contributed by atoms with van der Waals surface area (Å²) in [5.74, 6) is 1.37. The van der Waals surface area contributed by atoms with Gasteiger partial charge in [-0.15, -0.1) is 11.6 Å². The summed E-state index contributed by atoms with van der Waals surface area (Å²) in [6.45, 7) is 0. The van der Waals surface area contributed by atoms with Crippen LogP contribution < -0.4 is 4.74 Å². The van der Waals surface area contributed by atoms with Gasteiger partial charge in [0.1, 0.15) is 5.75 Å². The number of alkyl halides is 1. The predicted octanol–water partition coefficient (Wildman–Crippen LogP) is 4.39.